The van der Waals surface area contributed by atoms with E-state index in [1.807, 2.05) is 13.8 Å². The van der Waals surface area contributed by atoms with E-state index in [-0.39, 0.29) is 28.0 Å². The van der Waals surface area contributed by atoms with Crippen LogP contribution in [0.1, 0.15) is 24.2 Å². The number of morpholine rings is 1. The number of thiophene rings is 1. The second-order valence-corrected chi connectivity index (χ2v) is 8.91. The molecule has 1 amide bonds. The van der Waals surface area contributed by atoms with Crippen molar-refractivity contribution in [3.8, 4) is 0 Å². The third-order valence-electron chi connectivity index (χ3n) is 3.87. The quantitative estimate of drug-likeness (QED) is 0.885. The fraction of sp³-hybridized carbons (Fsp3) is 0.353. The van der Waals surface area contributed by atoms with Gasteiger partial charge in [-0.3, -0.25) is 9.52 Å². The Labute approximate surface area is 151 Å². The van der Waals surface area contributed by atoms with Crippen molar-refractivity contribution >= 4 is 33.0 Å². The summed E-state index contributed by atoms with van der Waals surface area (Å²) in [6.07, 6.45) is -0.106. The lowest BCUT2D eigenvalue weighted by molar-refractivity contribution is -0.0585. The summed E-state index contributed by atoms with van der Waals surface area (Å²) in [4.78, 5) is 14.6. The van der Waals surface area contributed by atoms with Gasteiger partial charge in [0.05, 0.1) is 23.5 Å². The highest BCUT2D eigenvalue weighted by molar-refractivity contribution is 7.94. The molecular formula is C17H20N2O4S2. The highest BCUT2D eigenvalue weighted by Gasteiger charge is 2.28. The van der Waals surface area contributed by atoms with Gasteiger partial charge in [0.1, 0.15) is 4.21 Å². The number of nitrogens with one attached hydrogen (secondary N) is 1. The Bertz CT molecular complexity index is 839. The van der Waals surface area contributed by atoms with Crippen molar-refractivity contribution in [2.75, 3.05) is 17.8 Å². The van der Waals surface area contributed by atoms with Crippen molar-refractivity contribution in [1.82, 2.24) is 4.90 Å². The number of carbonyl (C=O) groups excluding carboxylic acids is 1. The summed E-state index contributed by atoms with van der Waals surface area (Å²) in [5, 5.41) is 1.70. The molecule has 2 aromatic rings. The van der Waals surface area contributed by atoms with E-state index in [1.54, 1.807) is 40.6 Å². The van der Waals surface area contributed by atoms with Crippen molar-refractivity contribution in [2.24, 2.45) is 0 Å². The van der Waals surface area contributed by atoms with Crippen LogP contribution < -0.4 is 4.72 Å². The van der Waals surface area contributed by atoms with Gasteiger partial charge in [0, 0.05) is 13.1 Å². The number of hydrogen-bond donors (Lipinski definition) is 1. The molecule has 134 valence electrons. The molecule has 1 aromatic carbocycles. The van der Waals surface area contributed by atoms with Gasteiger partial charge in [-0.1, -0.05) is 18.2 Å². The van der Waals surface area contributed by atoms with Gasteiger partial charge in [-0.15, -0.1) is 11.3 Å². The Kier molecular flexibility index (Phi) is 5.12. The van der Waals surface area contributed by atoms with E-state index in [0.717, 1.165) is 11.3 Å². The predicted octanol–water partition coefficient (Wildman–Crippen LogP) is 2.80. The van der Waals surface area contributed by atoms with Gasteiger partial charge in [0.2, 0.25) is 0 Å². The molecule has 0 spiro atoms. The average Bonchev–Trinajstić information content (AvgIpc) is 3.09. The Balaban J connectivity index is 1.87. The molecule has 1 aliphatic heterocycles. The highest BCUT2D eigenvalue weighted by atomic mass is 32.2. The zero-order valence-corrected chi connectivity index (χ0v) is 15.6. The van der Waals surface area contributed by atoms with Crippen molar-refractivity contribution in [3.05, 3.63) is 47.3 Å². The summed E-state index contributed by atoms with van der Waals surface area (Å²) in [5.74, 6) is -0.202. The molecule has 1 fully saturated rings. The number of sulfonamides is 1. The molecule has 2 heterocycles. The smallest absolute Gasteiger partial charge is 0.271 e. The lowest BCUT2D eigenvalue weighted by atomic mass is 10.1. The SMILES string of the molecule is C[C@@H]1CN(C(=O)c2ccccc2NS(=O)(=O)c2cccs2)C[C@@H](C)O1. The third-order valence-corrected chi connectivity index (χ3v) is 6.63. The van der Waals surface area contributed by atoms with E-state index in [9.17, 15) is 13.2 Å². The molecule has 0 aliphatic carbocycles. The average molecular weight is 380 g/mol. The summed E-state index contributed by atoms with van der Waals surface area (Å²) >= 11 is 1.13. The topological polar surface area (TPSA) is 75.7 Å². The number of amides is 1. The molecular weight excluding hydrogens is 360 g/mol. The first-order valence-corrected chi connectivity index (χ1v) is 10.3. The first-order chi connectivity index (χ1) is 11.9. The number of hydrogen-bond acceptors (Lipinski definition) is 5. The van der Waals surface area contributed by atoms with E-state index in [2.05, 4.69) is 4.72 Å². The number of nitrogens with zero attached hydrogens (tertiary/aromatic N) is 1. The van der Waals surface area contributed by atoms with Crippen molar-refractivity contribution < 1.29 is 17.9 Å². The predicted molar refractivity (Wildman–Crippen MR) is 97.5 cm³/mol. The maximum absolute atomic E-state index is 12.9. The molecule has 0 bridgehead atoms. The summed E-state index contributed by atoms with van der Waals surface area (Å²) in [7, 11) is -3.71. The molecule has 0 radical (unpaired) electrons. The maximum Gasteiger partial charge on any atom is 0.271 e. The van der Waals surface area contributed by atoms with Crippen LogP contribution in [0.2, 0.25) is 0 Å². The molecule has 8 heteroatoms. The van der Waals surface area contributed by atoms with E-state index in [1.165, 1.54) is 6.07 Å². The molecule has 1 aromatic heterocycles. The summed E-state index contributed by atoms with van der Waals surface area (Å²) < 4.78 is 33.3. The van der Waals surface area contributed by atoms with Crippen LogP contribution in [0, 0.1) is 0 Å². The second-order valence-electron chi connectivity index (χ2n) is 6.05. The van der Waals surface area contributed by atoms with Crippen LogP contribution in [-0.4, -0.2) is 44.5 Å². The fourth-order valence-corrected chi connectivity index (χ4v) is 4.96. The number of para-hydroxylation sites is 1. The van der Waals surface area contributed by atoms with Crippen LogP contribution in [0.5, 0.6) is 0 Å². The van der Waals surface area contributed by atoms with E-state index in [0.29, 0.717) is 18.7 Å². The Morgan fingerprint density at radius 1 is 1.16 bits per heavy atom. The molecule has 0 unspecified atom stereocenters. The zero-order valence-electron chi connectivity index (χ0n) is 14.0. The van der Waals surface area contributed by atoms with Gasteiger partial charge in [0.25, 0.3) is 15.9 Å². The maximum atomic E-state index is 12.9. The molecule has 1 aliphatic rings. The van der Waals surface area contributed by atoms with E-state index >= 15 is 0 Å². The molecule has 2 atom stereocenters. The Morgan fingerprint density at radius 2 is 1.84 bits per heavy atom. The zero-order chi connectivity index (χ0) is 18.0. The normalized spacial score (nSPS) is 21.1. The number of rotatable bonds is 4. The van der Waals surface area contributed by atoms with Gasteiger partial charge in [-0.05, 0) is 37.4 Å². The van der Waals surface area contributed by atoms with Gasteiger partial charge in [-0.2, -0.15) is 0 Å². The van der Waals surface area contributed by atoms with Gasteiger partial charge in [-0.25, -0.2) is 8.42 Å². The van der Waals surface area contributed by atoms with Crippen LogP contribution in [0.3, 0.4) is 0 Å². The van der Waals surface area contributed by atoms with Crippen molar-refractivity contribution in [3.63, 3.8) is 0 Å². The third kappa shape index (κ3) is 4.02. The first-order valence-electron chi connectivity index (χ1n) is 7.97. The summed E-state index contributed by atoms with van der Waals surface area (Å²) in [6.45, 7) is 4.80. The van der Waals surface area contributed by atoms with Crippen LogP contribution >= 0.6 is 11.3 Å². The lowest BCUT2D eigenvalue weighted by Gasteiger charge is -2.35. The number of ether oxygens (including phenoxy) is 1. The van der Waals surface area contributed by atoms with E-state index < -0.39 is 10.0 Å². The standard InChI is InChI=1S/C17H20N2O4S2/c1-12-10-19(11-13(2)23-12)17(20)14-6-3-4-7-15(14)18-25(21,22)16-8-5-9-24-16/h3-9,12-13,18H,10-11H2,1-2H3/t12-,13-/m1/s1. The minimum absolute atomic E-state index is 0.0531. The van der Waals surface area contributed by atoms with Crippen LogP contribution in [0.4, 0.5) is 5.69 Å². The van der Waals surface area contributed by atoms with Crippen LogP contribution in [-0.2, 0) is 14.8 Å². The molecule has 6 nitrogen and oxygen atoms in total. The Hall–Kier alpha value is -1.90. The number of benzene rings is 1. The molecule has 3 rings (SSSR count). The number of carbonyl (C=O) groups is 1. The minimum Gasteiger partial charge on any atom is -0.372 e. The molecule has 1 N–H and O–H groups in total. The highest BCUT2D eigenvalue weighted by Crippen LogP contribution is 2.24. The Morgan fingerprint density at radius 3 is 2.48 bits per heavy atom. The minimum atomic E-state index is -3.71. The number of anilines is 1. The fourth-order valence-electron chi connectivity index (χ4n) is 2.88. The molecule has 0 saturated carbocycles. The van der Waals surface area contributed by atoms with E-state index in [4.69, 9.17) is 4.74 Å². The second kappa shape index (κ2) is 7.15. The summed E-state index contributed by atoms with van der Waals surface area (Å²) in [6, 6.07) is 9.87. The monoisotopic (exact) mass is 380 g/mol. The van der Waals surface area contributed by atoms with Crippen LogP contribution in [0.25, 0.3) is 0 Å². The van der Waals surface area contributed by atoms with Gasteiger partial charge >= 0.3 is 0 Å². The first kappa shape index (κ1) is 17.9. The van der Waals surface area contributed by atoms with Crippen LogP contribution in [0.15, 0.2) is 46.0 Å². The van der Waals surface area contributed by atoms with Gasteiger partial charge < -0.3 is 9.64 Å². The summed E-state index contributed by atoms with van der Waals surface area (Å²) in [5.41, 5.74) is 0.622. The molecule has 1 saturated heterocycles. The van der Waals surface area contributed by atoms with Crippen molar-refractivity contribution in [2.45, 2.75) is 30.3 Å². The van der Waals surface area contributed by atoms with Gasteiger partial charge in [0.15, 0.2) is 0 Å². The lowest BCUT2D eigenvalue weighted by Crippen LogP contribution is -2.48. The van der Waals surface area contributed by atoms with Crippen molar-refractivity contribution in [1.29, 1.82) is 0 Å². The molecule has 25 heavy (non-hydrogen) atoms. The largest absolute Gasteiger partial charge is 0.372 e.